The highest BCUT2D eigenvalue weighted by Gasteiger charge is 2.15. The highest BCUT2D eigenvalue weighted by atomic mass is 35.5. The van der Waals surface area contributed by atoms with Crippen LogP contribution in [0.3, 0.4) is 0 Å². The zero-order valence-electron chi connectivity index (χ0n) is 17.5. The summed E-state index contributed by atoms with van der Waals surface area (Å²) in [6, 6.07) is 20.4. The number of hydrogen-bond donors (Lipinski definition) is 2. The number of anilines is 1. The maximum atomic E-state index is 12.6. The van der Waals surface area contributed by atoms with E-state index in [0.29, 0.717) is 22.9 Å². The SMILES string of the molecule is O=C(/C=C/C1=Cc2cc(Cl)ccc2OC1)NCc1ccccc1NS(=O)(=O)c1ccccc1. The van der Waals surface area contributed by atoms with Crippen LogP contribution < -0.4 is 14.8 Å². The minimum absolute atomic E-state index is 0.157. The molecule has 0 bridgehead atoms. The van der Waals surface area contributed by atoms with Crippen molar-refractivity contribution in [3.05, 3.63) is 107 Å². The molecule has 3 aromatic rings. The number of hydrogen-bond acceptors (Lipinski definition) is 4. The van der Waals surface area contributed by atoms with E-state index in [4.69, 9.17) is 16.3 Å². The number of para-hydroxylation sites is 1. The molecule has 33 heavy (non-hydrogen) atoms. The van der Waals surface area contributed by atoms with E-state index in [1.807, 2.05) is 12.1 Å². The van der Waals surface area contributed by atoms with Crippen LogP contribution in [0.2, 0.25) is 5.02 Å². The second kappa shape index (κ2) is 9.94. The van der Waals surface area contributed by atoms with Gasteiger partial charge in [-0.05, 0) is 53.6 Å². The normalized spacial score (nSPS) is 13.1. The van der Waals surface area contributed by atoms with Gasteiger partial charge in [0, 0.05) is 23.2 Å². The summed E-state index contributed by atoms with van der Waals surface area (Å²) >= 11 is 6.03. The average Bonchev–Trinajstić information content (AvgIpc) is 2.82. The van der Waals surface area contributed by atoms with E-state index in [-0.39, 0.29) is 17.3 Å². The Morgan fingerprint density at radius 2 is 1.79 bits per heavy atom. The fourth-order valence-corrected chi connectivity index (χ4v) is 4.57. The fourth-order valence-electron chi connectivity index (χ4n) is 3.26. The third-order valence-electron chi connectivity index (χ3n) is 4.92. The molecule has 1 amide bonds. The molecule has 8 heteroatoms. The summed E-state index contributed by atoms with van der Waals surface area (Å²) in [6.07, 6.45) is 5.02. The van der Waals surface area contributed by atoms with Crippen molar-refractivity contribution in [1.29, 1.82) is 0 Å². The second-order valence-electron chi connectivity index (χ2n) is 7.32. The van der Waals surface area contributed by atoms with Gasteiger partial charge in [-0.15, -0.1) is 0 Å². The Hall–Kier alpha value is -3.55. The number of carbonyl (C=O) groups is 1. The van der Waals surface area contributed by atoms with E-state index in [9.17, 15) is 13.2 Å². The summed E-state index contributed by atoms with van der Waals surface area (Å²) in [5.41, 5.74) is 2.73. The van der Waals surface area contributed by atoms with Crippen LogP contribution in [0.25, 0.3) is 6.08 Å². The van der Waals surface area contributed by atoms with Crippen LogP contribution in [-0.2, 0) is 21.4 Å². The van der Waals surface area contributed by atoms with E-state index in [2.05, 4.69) is 10.0 Å². The molecule has 0 atom stereocenters. The number of carbonyl (C=O) groups excluding carboxylic acids is 1. The molecule has 0 spiro atoms. The maximum absolute atomic E-state index is 12.6. The third kappa shape index (κ3) is 5.83. The lowest BCUT2D eigenvalue weighted by Gasteiger charge is -2.16. The van der Waals surface area contributed by atoms with E-state index in [0.717, 1.165) is 16.9 Å². The van der Waals surface area contributed by atoms with Gasteiger partial charge in [-0.25, -0.2) is 8.42 Å². The Bertz CT molecular complexity index is 1340. The predicted octanol–water partition coefficient (Wildman–Crippen LogP) is 4.79. The summed E-state index contributed by atoms with van der Waals surface area (Å²) < 4.78 is 33.6. The lowest BCUT2D eigenvalue weighted by Crippen LogP contribution is -2.22. The summed E-state index contributed by atoms with van der Waals surface area (Å²) in [5, 5.41) is 3.39. The molecular formula is C25H21ClN2O4S. The van der Waals surface area contributed by atoms with Crippen molar-refractivity contribution in [2.24, 2.45) is 0 Å². The largest absolute Gasteiger partial charge is 0.488 e. The summed E-state index contributed by atoms with van der Waals surface area (Å²) in [7, 11) is -3.73. The lowest BCUT2D eigenvalue weighted by atomic mass is 10.1. The number of nitrogens with one attached hydrogen (secondary N) is 2. The van der Waals surface area contributed by atoms with Crippen LogP contribution in [-0.4, -0.2) is 20.9 Å². The number of ether oxygens (including phenoxy) is 1. The zero-order valence-corrected chi connectivity index (χ0v) is 19.1. The minimum Gasteiger partial charge on any atom is -0.488 e. The van der Waals surface area contributed by atoms with Gasteiger partial charge in [-0.1, -0.05) is 54.1 Å². The van der Waals surface area contributed by atoms with Gasteiger partial charge in [0.1, 0.15) is 12.4 Å². The standard InChI is InChI=1S/C25H21ClN2O4S/c26-21-11-12-24-20(15-21)14-18(17-32-24)10-13-25(29)27-16-19-6-4-5-9-23(19)28-33(30,31)22-7-2-1-3-8-22/h1-15,28H,16-17H2,(H,27,29)/b13-10+. The van der Waals surface area contributed by atoms with Crippen molar-refractivity contribution < 1.29 is 17.9 Å². The van der Waals surface area contributed by atoms with Crippen molar-refractivity contribution in [1.82, 2.24) is 5.32 Å². The van der Waals surface area contributed by atoms with Crippen molar-refractivity contribution in [3.8, 4) is 5.75 Å². The Balaban J connectivity index is 1.40. The van der Waals surface area contributed by atoms with Crippen LogP contribution in [0.1, 0.15) is 11.1 Å². The molecule has 2 N–H and O–H groups in total. The molecule has 3 aromatic carbocycles. The van der Waals surface area contributed by atoms with Crippen molar-refractivity contribution >= 4 is 39.3 Å². The molecule has 0 aromatic heterocycles. The monoisotopic (exact) mass is 480 g/mol. The van der Waals surface area contributed by atoms with Crippen LogP contribution in [0.15, 0.2) is 95.4 Å². The lowest BCUT2D eigenvalue weighted by molar-refractivity contribution is -0.116. The molecule has 0 radical (unpaired) electrons. The summed E-state index contributed by atoms with van der Waals surface area (Å²) in [5.74, 6) is 0.434. The summed E-state index contributed by atoms with van der Waals surface area (Å²) in [4.78, 5) is 12.5. The van der Waals surface area contributed by atoms with E-state index >= 15 is 0 Å². The highest BCUT2D eigenvalue weighted by Crippen LogP contribution is 2.29. The molecule has 1 heterocycles. The van der Waals surface area contributed by atoms with Gasteiger partial charge < -0.3 is 10.1 Å². The van der Waals surface area contributed by atoms with Crippen LogP contribution in [0, 0.1) is 0 Å². The Labute approximate surface area is 197 Å². The zero-order chi connectivity index (χ0) is 23.3. The molecular weight excluding hydrogens is 460 g/mol. The Kier molecular flexibility index (Phi) is 6.82. The first-order valence-corrected chi connectivity index (χ1v) is 12.0. The smallest absolute Gasteiger partial charge is 0.261 e. The predicted molar refractivity (Wildman–Crippen MR) is 130 cm³/mol. The quantitative estimate of drug-likeness (QED) is 0.476. The van der Waals surface area contributed by atoms with Gasteiger partial charge in [0.25, 0.3) is 10.0 Å². The molecule has 0 saturated carbocycles. The van der Waals surface area contributed by atoms with Crippen LogP contribution in [0.5, 0.6) is 5.75 Å². The number of benzene rings is 3. The van der Waals surface area contributed by atoms with Crippen molar-refractivity contribution in [3.63, 3.8) is 0 Å². The van der Waals surface area contributed by atoms with Gasteiger partial charge in [-0.2, -0.15) is 0 Å². The first-order chi connectivity index (χ1) is 15.9. The fraction of sp³-hybridized carbons (Fsp3) is 0.0800. The van der Waals surface area contributed by atoms with E-state index < -0.39 is 10.0 Å². The van der Waals surface area contributed by atoms with E-state index in [1.54, 1.807) is 60.7 Å². The van der Waals surface area contributed by atoms with Gasteiger partial charge in [0.05, 0.1) is 10.6 Å². The van der Waals surface area contributed by atoms with Gasteiger partial charge in [0.2, 0.25) is 5.91 Å². The summed E-state index contributed by atoms with van der Waals surface area (Å²) in [6.45, 7) is 0.507. The Morgan fingerprint density at radius 1 is 1.03 bits per heavy atom. The molecule has 1 aliphatic rings. The maximum Gasteiger partial charge on any atom is 0.261 e. The molecule has 0 aliphatic carbocycles. The highest BCUT2D eigenvalue weighted by molar-refractivity contribution is 7.92. The average molecular weight is 481 g/mol. The topological polar surface area (TPSA) is 84.5 Å². The van der Waals surface area contributed by atoms with Gasteiger partial charge in [-0.3, -0.25) is 9.52 Å². The van der Waals surface area contributed by atoms with Gasteiger partial charge in [0.15, 0.2) is 0 Å². The number of sulfonamides is 1. The van der Waals surface area contributed by atoms with Gasteiger partial charge >= 0.3 is 0 Å². The molecule has 168 valence electrons. The number of rotatable bonds is 7. The Morgan fingerprint density at radius 3 is 2.61 bits per heavy atom. The van der Waals surface area contributed by atoms with E-state index in [1.165, 1.54) is 18.2 Å². The van der Waals surface area contributed by atoms with Crippen LogP contribution >= 0.6 is 11.6 Å². The number of amides is 1. The van der Waals surface area contributed by atoms with Crippen molar-refractivity contribution in [2.45, 2.75) is 11.4 Å². The first kappa shape index (κ1) is 22.6. The molecule has 0 fully saturated rings. The van der Waals surface area contributed by atoms with Crippen LogP contribution in [0.4, 0.5) is 5.69 Å². The number of fused-ring (bicyclic) bond motifs is 1. The number of halogens is 1. The molecule has 0 unspecified atom stereocenters. The first-order valence-electron chi connectivity index (χ1n) is 10.2. The second-order valence-corrected chi connectivity index (χ2v) is 9.44. The molecule has 6 nitrogen and oxygen atoms in total. The third-order valence-corrected chi connectivity index (χ3v) is 6.54. The minimum atomic E-state index is -3.73. The molecule has 4 rings (SSSR count). The van der Waals surface area contributed by atoms with Crippen molar-refractivity contribution in [2.75, 3.05) is 11.3 Å². The molecule has 0 saturated heterocycles. The molecule has 1 aliphatic heterocycles.